The van der Waals surface area contributed by atoms with E-state index in [-0.39, 0.29) is 11.3 Å². The van der Waals surface area contributed by atoms with Crippen molar-refractivity contribution in [2.45, 2.75) is 45.9 Å². The topological polar surface area (TPSA) is 38.3 Å². The van der Waals surface area contributed by atoms with Gasteiger partial charge in [-0.05, 0) is 25.5 Å². The highest BCUT2D eigenvalue weighted by Crippen LogP contribution is 2.27. The van der Waals surface area contributed by atoms with E-state index in [4.69, 9.17) is 4.74 Å². The highest BCUT2D eigenvalue weighted by molar-refractivity contribution is 7.85. The van der Waals surface area contributed by atoms with Gasteiger partial charge in [-0.1, -0.05) is 45.9 Å². The lowest BCUT2D eigenvalue weighted by Gasteiger charge is -2.23. The maximum absolute atomic E-state index is 12.5. The molecule has 3 nitrogen and oxygen atoms in total. The van der Waals surface area contributed by atoms with E-state index in [0.717, 1.165) is 17.9 Å². The highest BCUT2D eigenvalue weighted by Gasteiger charge is 2.22. The second-order valence-electron chi connectivity index (χ2n) is 5.58. The van der Waals surface area contributed by atoms with Gasteiger partial charge < -0.3 is 10.1 Å². The van der Waals surface area contributed by atoms with Gasteiger partial charge in [0.15, 0.2) is 0 Å². The standard InChI is InChI=1S/C17H29NO2S/c1-6-18-16(12-21(19)14(5)13(3)4)15-10-8-9-11-17(15)20-7-2/h8-11,13-14,16,18H,6-7,12H2,1-5H3. The van der Waals surface area contributed by atoms with Gasteiger partial charge in [-0.2, -0.15) is 0 Å². The van der Waals surface area contributed by atoms with Crippen molar-refractivity contribution < 1.29 is 8.95 Å². The monoisotopic (exact) mass is 311 g/mol. The number of rotatable bonds is 9. The van der Waals surface area contributed by atoms with Crippen LogP contribution in [0.25, 0.3) is 0 Å². The molecule has 1 rings (SSSR count). The molecule has 0 spiro atoms. The second kappa shape index (κ2) is 9.21. The molecule has 1 aromatic carbocycles. The summed E-state index contributed by atoms with van der Waals surface area (Å²) in [5, 5.41) is 3.65. The minimum absolute atomic E-state index is 0.0692. The normalized spacial score (nSPS) is 15.7. The van der Waals surface area contributed by atoms with E-state index >= 15 is 0 Å². The van der Waals surface area contributed by atoms with Crippen LogP contribution < -0.4 is 10.1 Å². The van der Waals surface area contributed by atoms with Gasteiger partial charge in [-0.15, -0.1) is 0 Å². The molecule has 0 saturated heterocycles. The Balaban J connectivity index is 2.94. The average Bonchev–Trinajstić information content (AvgIpc) is 2.46. The zero-order valence-corrected chi connectivity index (χ0v) is 14.7. The number of nitrogens with one attached hydrogen (secondary N) is 1. The quantitative estimate of drug-likeness (QED) is 0.758. The van der Waals surface area contributed by atoms with E-state index in [1.807, 2.05) is 25.1 Å². The molecule has 1 aromatic rings. The van der Waals surface area contributed by atoms with Gasteiger partial charge in [0.25, 0.3) is 0 Å². The van der Waals surface area contributed by atoms with E-state index in [9.17, 15) is 4.21 Å². The molecule has 0 aliphatic carbocycles. The van der Waals surface area contributed by atoms with Crippen molar-refractivity contribution in [3.8, 4) is 5.75 Å². The minimum atomic E-state index is -0.857. The first-order valence-electron chi connectivity index (χ1n) is 7.83. The van der Waals surface area contributed by atoms with Crippen LogP contribution in [0.5, 0.6) is 5.75 Å². The van der Waals surface area contributed by atoms with Crippen molar-refractivity contribution in [1.29, 1.82) is 0 Å². The van der Waals surface area contributed by atoms with E-state index in [2.05, 4.69) is 39.1 Å². The van der Waals surface area contributed by atoms with E-state index in [0.29, 0.717) is 18.3 Å². The summed E-state index contributed by atoms with van der Waals surface area (Å²) >= 11 is 0. The van der Waals surface area contributed by atoms with Crippen LogP contribution in [0.1, 0.15) is 46.2 Å². The first-order chi connectivity index (χ1) is 10.0. The predicted octanol–water partition coefficient (Wildman–Crippen LogP) is 3.53. The minimum Gasteiger partial charge on any atom is -0.494 e. The zero-order valence-electron chi connectivity index (χ0n) is 13.9. The van der Waals surface area contributed by atoms with Crippen LogP contribution in [0.2, 0.25) is 0 Å². The van der Waals surface area contributed by atoms with Crippen LogP contribution in [0, 0.1) is 5.92 Å². The number of hydrogen-bond donors (Lipinski definition) is 1. The Morgan fingerprint density at radius 3 is 2.43 bits per heavy atom. The molecule has 0 fully saturated rings. The Morgan fingerprint density at radius 1 is 1.19 bits per heavy atom. The molecule has 120 valence electrons. The Labute approximate surface area is 131 Å². The van der Waals surface area contributed by atoms with Crippen molar-refractivity contribution in [1.82, 2.24) is 5.32 Å². The lowest BCUT2D eigenvalue weighted by Crippen LogP contribution is -2.30. The van der Waals surface area contributed by atoms with Crippen LogP contribution in [0.4, 0.5) is 0 Å². The molecule has 0 amide bonds. The molecular formula is C17H29NO2S. The summed E-state index contributed by atoms with van der Waals surface area (Å²) in [6, 6.07) is 8.11. The van der Waals surface area contributed by atoms with Crippen LogP contribution in [0.15, 0.2) is 24.3 Å². The predicted molar refractivity (Wildman–Crippen MR) is 91.3 cm³/mol. The smallest absolute Gasteiger partial charge is 0.124 e. The van der Waals surface area contributed by atoms with Gasteiger partial charge in [-0.25, -0.2) is 0 Å². The molecule has 0 bridgehead atoms. The molecule has 0 aliphatic rings. The Morgan fingerprint density at radius 2 is 1.86 bits per heavy atom. The van der Waals surface area contributed by atoms with Gasteiger partial charge in [-0.3, -0.25) is 4.21 Å². The Bertz CT molecular complexity index is 448. The summed E-state index contributed by atoms with van der Waals surface area (Å²) in [4.78, 5) is 0. The van der Waals surface area contributed by atoms with Crippen molar-refractivity contribution in [3.05, 3.63) is 29.8 Å². The van der Waals surface area contributed by atoms with Gasteiger partial charge >= 0.3 is 0 Å². The number of hydrogen-bond acceptors (Lipinski definition) is 3. The summed E-state index contributed by atoms with van der Waals surface area (Å²) in [6.07, 6.45) is 0. The maximum Gasteiger partial charge on any atom is 0.124 e. The SMILES string of the molecule is CCNC(CS(=O)C(C)C(C)C)c1ccccc1OCC. The van der Waals surface area contributed by atoms with E-state index < -0.39 is 10.8 Å². The Hall–Kier alpha value is -0.870. The van der Waals surface area contributed by atoms with Gasteiger partial charge in [0.05, 0.1) is 6.61 Å². The summed E-state index contributed by atoms with van der Waals surface area (Å²) in [6.45, 7) is 11.9. The maximum atomic E-state index is 12.5. The number of benzene rings is 1. The van der Waals surface area contributed by atoms with Crippen molar-refractivity contribution in [2.75, 3.05) is 18.9 Å². The van der Waals surface area contributed by atoms with Gasteiger partial charge in [0, 0.05) is 33.4 Å². The van der Waals surface area contributed by atoms with Crippen molar-refractivity contribution in [3.63, 3.8) is 0 Å². The highest BCUT2D eigenvalue weighted by atomic mass is 32.2. The third-order valence-corrected chi connectivity index (χ3v) is 5.76. The van der Waals surface area contributed by atoms with Gasteiger partial charge in [0.2, 0.25) is 0 Å². The van der Waals surface area contributed by atoms with Crippen molar-refractivity contribution >= 4 is 10.8 Å². The van der Waals surface area contributed by atoms with Crippen LogP contribution in [-0.2, 0) is 10.8 Å². The first-order valence-corrected chi connectivity index (χ1v) is 9.21. The number of ether oxygens (including phenoxy) is 1. The van der Waals surface area contributed by atoms with E-state index in [1.165, 1.54) is 0 Å². The molecular weight excluding hydrogens is 282 g/mol. The molecule has 0 saturated carbocycles. The lowest BCUT2D eigenvalue weighted by atomic mass is 10.1. The van der Waals surface area contributed by atoms with Crippen LogP contribution in [-0.4, -0.2) is 28.4 Å². The second-order valence-corrected chi connectivity index (χ2v) is 7.42. The molecule has 0 radical (unpaired) electrons. The molecule has 3 unspecified atom stereocenters. The first kappa shape index (κ1) is 18.2. The Kier molecular flexibility index (Phi) is 7.97. The summed E-state index contributed by atoms with van der Waals surface area (Å²) < 4.78 is 18.3. The van der Waals surface area contributed by atoms with E-state index in [1.54, 1.807) is 0 Å². The largest absolute Gasteiger partial charge is 0.494 e. The molecule has 0 aliphatic heterocycles. The van der Waals surface area contributed by atoms with Crippen LogP contribution in [0.3, 0.4) is 0 Å². The third-order valence-electron chi connectivity index (χ3n) is 3.73. The summed E-state index contributed by atoms with van der Waals surface area (Å²) in [7, 11) is -0.857. The number of para-hydroxylation sites is 1. The third kappa shape index (κ3) is 5.44. The molecule has 4 heteroatoms. The molecule has 0 heterocycles. The fraction of sp³-hybridized carbons (Fsp3) is 0.647. The molecule has 21 heavy (non-hydrogen) atoms. The van der Waals surface area contributed by atoms with Crippen LogP contribution >= 0.6 is 0 Å². The molecule has 3 atom stereocenters. The molecule has 0 aromatic heterocycles. The summed E-state index contributed by atoms with van der Waals surface area (Å²) in [5.74, 6) is 1.94. The van der Waals surface area contributed by atoms with Crippen molar-refractivity contribution in [2.24, 2.45) is 5.92 Å². The lowest BCUT2D eigenvalue weighted by molar-refractivity contribution is 0.333. The fourth-order valence-corrected chi connectivity index (χ4v) is 3.72. The summed E-state index contributed by atoms with van der Waals surface area (Å²) in [5.41, 5.74) is 1.10. The average molecular weight is 311 g/mol. The zero-order chi connectivity index (χ0) is 15.8. The fourth-order valence-electron chi connectivity index (χ4n) is 2.18. The van der Waals surface area contributed by atoms with Gasteiger partial charge in [0.1, 0.15) is 5.75 Å². The molecule has 1 N–H and O–H groups in total.